The van der Waals surface area contributed by atoms with E-state index in [0.717, 1.165) is 52.4 Å². The topological polar surface area (TPSA) is 96.0 Å². The zero-order valence-corrected chi connectivity index (χ0v) is 30.9. The Morgan fingerprint density at radius 1 is 0.880 bits per heavy atom. The number of thioether (sulfide) groups is 1. The molecule has 1 fully saturated rings. The van der Waals surface area contributed by atoms with Gasteiger partial charge in [0.2, 0.25) is 11.8 Å². The quantitative estimate of drug-likeness (QED) is 0.126. The number of amides is 2. The summed E-state index contributed by atoms with van der Waals surface area (Å²) in [6.45, 7) is 1.61. The molecule has 0 unspecified atom stereocenters. The largest absolute Gasteiger partial charge is 0.492 e. The molecule has 8 nitrogen and oxygen atoms in total. The number of nitrogens with zero attached hydrogens (tertiary/aromatic N) is 2. The van der Waals surface area contributed by atoms with Crippen LogP contribution in [0.15, 0.2) is 113 Å². The first kappa shape index (κ1) is 37.3. The summed E-state index contributed by atoms with van der Waals surface area (Å²) < 4.78 is 36.0. The molecule has 0 spiro atoms. The smallest absolute Gasteiger partial charge is 0.264 e. The van der Waals surface area contributed by atoms with Crippen molar-refractivity contribution >= 4 is 50.9 Å². The first-order valence-corrected chi connectivity index (χ1v) is 20.0. The predicted octanol–water partition coefficient (Wildman–Crippen LogP) is 7.74. The van der Waals surface area contributed by atoms with Crippen LogP contribution in [-0.2, 0) is 32.6 Å². The summed E-state index contributed by atoms with van der Waals surface area (Å²) in [4.78, 5) is 31.6. The molecule has 264 valence electrons. The number of hydrogen-bond donors (Lipinski definition) is 1. The minimum absolute atomic E-state index is 0.0150. The van der Waals surface area contributed by atoms with Crippen molar-refractivity contribution in [3.8, 4) is 5.75 Å². The minimum atomic E-state index is -4.28. The van der Waals surface area contributed by atoms with Crippen molar-refractivity contribution in [3.05, 3.63) is 119 Å². The fraction of sp³-hybridized carbons (Fsp3) is 0.333. The molecule has 0 bridgehead atoms. The van der Waals surface area contributed by atoms with Crippen LogP contribution in [0.3, 0.4) is 0 Å². The van der Waals surface area contributed by atoms with Crippen molar-refractivity contribution < 1.29 is 22.7 Å². The van der Waals surface area contributed by atoms with Gasteiger partial charge in [0.05, 0.1) is 17.2 Å². The van der Waals surface area contributed by atoms with Crippen molar-refractivity contribution in [2.75, 3.05) is 23.7 Å². The molecule has 4 aromatic carbocycles. The van der Waals surface area contributed by atoms with Gasteiger partial charge in [0.1, 0.15) is 18.3 Å². The first-order chi connectivity index (χ1) is 24.2. The van der Waals surface area contributed by atoms with Gasteiger partial charge in [-0.25, -0.2) is 8.42 Å². The van der Waals surface area contributed by atoms with Crippen molar-refractivity contribution in [2.24, 2.45) is 0 Å². The molecule has 5 rings (SSSR count). The number of rotatable bonds is 15. The lowest BCUT2D eigenvalue weighted by Crippen LogP contribution is -2.55. The molecule has 2 amide bonds. The summed E-state index contributed by atoms with van der Waals surface area (Å²) in [6.07, 6.45) is 7.12. The Hall–Kier alpha value is -3.99. The molecule has 0 aromatic heterocycles. The standard InChI is InChI=1S/C39H44ClN3O5S2/c1-3-48-37-17-11-10-16-35(37)43(50(46,47)34-24-22-33(49-2)23-25-34)28-38(44)42(27-30-18-20-31(40)21-19-30)36(26-29-12-6-4-7-13-29)39(45)41-32-14-8-5-9-15-32/h4,6-7,10-13,16-25,32,36H,3,5,8-9,14-15,26-28H2,1-2H3,(H,41,45)/t36-/m1/s1. The Balaban J connectivity index is 1.59. The molecule has 0 heterocycles. The van der Waals surface area contributed by atoms with Gasteiger partial charge in [-0.1, -0.05) is 85.5 Å². The van der Waals surface area contributed by atoms with Crippen LogP contribution in [0.2, 0.25) is 5.02 Å². The Kier molecular flexibility index (Phi) is 13.3. The van der Waals surface area contributed by atoms with E-state index in [9.17, 15) is 18.0 Å². The molecule has 11 heteroatoms. The third-order valence-electron chi connectivity index (χ3n) is 8.85. The lowest BCUT2D eigenvalue weighted by Gasteiger charge is -2.35. The number of sulfonamides is 1. The van der Waals surface area contributed by atoms with E-state index < -0.39 is 28.5 Å². The first-order valence-electron chi connectivity index (χ1n) is 17.0. The number of benzene rings is 4. The average molecular weight is 734 g/mol. The number of ether oxygens (including phenoxy) is 1. The van der Waals surface area contributed by atoms with E-state index in [1.165, 1.54) is 16.7 Å². The maximum Gasteiger partial charge on any atom is 0.264 e. The fourth-order valence-corrected chi connectivity index (χ4v) is 8.17. The highest BCUT2D eigenvalue weighted by molar-refractivity contribution is 7.98. The van der Waals surface area contributed by atoms with E-state index in [0.29, 0.717) is 17.4 Å². The number of carbonyl (C=O) groups is 2. The zero-order chi connectivity index (χ0) is 35.5. The van der Waals surface area contributed by atoms with Gasteiger partial charge >= 0.3 is 0 Å². The van der Waals surface area contributed by atoms with Crippen LogP contribution in [0.4, 0.5) is 5.69 Å². The van der Waals surface area contributed by atoms with Crippen molar-refractivity contribution in [2.45, 2.75) is 73.9 Å². The molecule has 1 aliphatic rings. The van der Waals surface area contributed by atoms with Crippen LogP contribution in [0.5, 0.6) is 5.75 Å². The van der Waals surface area contributed by atoms with Crippen molar-refractivity contribution in [1.29, 1.82) is 0 Å². The Labute approximate surface area is 305 Å². The van der Waals surface area contributed by atoms with E-state index in [1.807, 2.05) is 55.6 Å². The third-order valence-corrected chi connectivity index (χ3v) is 11.6. The average Bonchev–Trinajstić information content (AvgIpc) is 3.14. The molecule has 1 N–H and O–H groups in total. The second kappa shape index (κ2) is 17.8. The Morgan fingerprint density at radius 2 is 1.54 bits per heavy atom. The van der Waals surface area contributed by atoms with Crippen molar-refractivity contribution in [3.63, 3.8) is 0 Å². The summed E-state index contributed by atoms with van der Waals surface area (Å²) in [5, 5.41) is 3.78. The summed E-state index contributed by atoms with van der Waals surface area (Å²) in [5.41, 5.74) is 1.86. The molecule has 1 aliphatic carbocycles. The van der Waals surface area contributed by atoms with Crippen LogP contribution in [0.1, 0.15) is 50.2 Å². The van der Waals surface area contributed by atoms with Gasteiger partial charge in [-0.2, -0.15) is 0 Å². The molecular weight excluding hydrogens is 690 g/mol. The van der Waals surface area contributed by atoms with Gasteiger partial charge in [-0.05, 0) is 85.7 Å². The molecule has 1 saturated carbocycles. The van der Waals surface area contributed by atoms with Gasteiger partial charge in [-0.3, -0.25) is 13.9 Å². The maximum absolute atomic E-state index is 14.8. The Bertz CT molecular complexity index is 1820. The van der Waals surface area contributed by atoms with Crippen LogP contribution in [-0.4, -0.2) is 56.6 Å². The minimum Gasteiger partial charge on any atom is -0.492 e. The van der Waals surface area contributed by atoms with E-state index in [4.69, 9.17) is 16.3 Å². The molecule has 50 heavy (non-hydrogen) atoms. The van der Waals surface area contributed by atoms with Gasteiger partial charge in [0, 0.05) is 28.9 Å². The van der Waals surface area contributed by atoms with Gasteiger partial charge in [0.25, 0.3) is 10.0 Å². The molecule has 0 aliphatic heterocycles. The number of anilines is 1. The highest BCUT2D eigenvalue weighted by atomic mass is 35.5. The number of nitrogens with one attached hydrogen (secondary N) is 1. The second-order valence-electron chi connectivity index (χ2n) is 12.3. The predicted molar refractivity (Wildman–Crippen MR) is 201 cm³/mol. The monoisotopic (exact) mass is 733 g/mol. The van der Waals surface area contributed by atoms with E-state index >= 15 is 0 Å². The molecule has 0 saturated heterocycles. The molecule has 0 radical (unpaired) electrons. The van der Waals surface area contributed by atoms with E-state index in [-0.39, 0.29) is 35.5 Å². The van der Waals surface area contributed by atoms with Gasteiger partial charge < -0.3 is 15.0 Å². The molecule has 4 aromatic rings. The second-order valence-corrected chi connectivity index (χ2v) is 15.5. The lowest BCUT2D eigenvalue weighted by molar-refractivity contribution is -0.140. The highest BCUT2D eigenvalue weighted by Crippen LogP contribution is 2.33. The SMILES string of the molecule is CCOc1ccccc1N(CC(=O)N(Cc1ccc(Cl)cc1)[C@H](Cc1ccccc1)C(=O)NC1CCCCC1)S(=O)(=O)c1ccc(SC)cc1. The number of hydrogen-bond acceptors (Lipinski definition) is 6. The number of carbonyl (C=O) groups excluding carboxylic acids is 2. The molecule has 1 atom stereocenters. The molecular formula is C39H44ClN3O5S2. The Morgan fingerprint density at radius 3 is 2.20 bits per heavy atom. The third kappa shape index (κ3) is 9.62. The van der Waals surface area contributed by atoms with Crippen LogP contribution < -0.4 is 14.4 Å². The van der Waals surface area contributed by atoms with Gasteiger partial charge in [0.15, 0.2) is 0 Å². The van der Waals surface area contributed by atoms with Crippen molar-refractivity contribution in [1.82, 2.24) is 10.2 Å². The number of halogens is 1. The normalized spacial score (nSPS) is 14.1. The van der Waals surface area contributed by atoms with Crippen LogP contribution >= 0.6 is 23.4 Å². The summed E-state index contributed by atoms with van der Waals surface area (Å²) in [7, 11) is -4.28. The summed E-state index contributed by atoms with van der Waals surface area (Å²) in [6, 6.07) is 29.1. The van der Waals surface area contributed by atoms with E-state index in [1.54, 1.807) is 60.7 Å². The van der Waals surface area contributed by atoms with Gasteiger partial charge in [-0.15, -0.1) is 11.8 Å². The zero-order valence-electron chi connectivity index (χ0n) is 28.5. The van der Waals surface area contributed by atoms with E-state index in [2.05, 4.69) is 5.32 Å². The number of para-hydroxylation sites is 2. The lowest BCUT2D eigenvalue weighted by atomic mass is 9.94. The van der Waals surface area contributed by atoms with Crippen LogP contribution in [0, 0.1) is 0 Å². The summed E-state index contributed by atoms with van der Waals surface area (Å²) in [5.74, 6) is -0.470. The summed E-state index contributed by atoms with van der Waals surface area (Å²) >= 11 is 7.71. The highest BCUT2D eigenvalue weighted by Gasteiger charge is 2.36. The maximum atomic E-state index is 14.8. The fourth-order valence-electron chi connectivity index (χ4n) is 6.21. The van der Waals surface area contributed by atoms with Crippen LogP contribution in [0.25, 0.3) is 0 Å².